The van der Waals surface area contributed by atoms with Gasteiger partial charge in [-0.05, 0) is 24.6 Å². The van der Waals surface area contributed by atoms with Crippen LogP contribution >= 0.6 is 11.6 Å². The van der Waals surface area contributed by atoms with E-state index in [1.165, 1.54) is 16.6 Å². The van der Waals surface area contributed by atoms with Crippen molar-refractivity contribution >= 4 is 22.5 Å². The molecular formula is C13H17ClN2. The van der Waals surface area contributed by atoms with Gasteiger partial charge in [0.2, 0.25) is 0 Å². The van der Waals surface area contributed by atoms with E-state index >= 15 is 0 Å². The molecule has 0 saturated carbocycles. The van der Waals surface area contributed by atoms with E-state index in [2.05, 4.69) is 30.2 Å². The third-order valence-corrected chi connectivity index (χ3v) is 3.17. The molecule has 0 fully saturated rings. The SMILES string of the molecule is CNCc1c(C(C)C)[nH]c2c(Cl)cccc12. The van der Waals surface area contributed by atoms with Crippen LogP contribution in [0.5, 0.6) is 0 Å². The summed E-state index contributed by atoms with van der Waals surface area (Å²) in [5.41, 5.74) is 3.66. The third-order valence-electron chi connectivity index (χ3n) is 2.85. The van der Waals surface area contributed by atoms with Crippen molar-refractivity contribution in [1.82, 2.24) is 10.3 Å². The Morgan fingerprint density at radius 3 is 2.75 bits per heavy atom. The highest BCUT2D eigenvalue weighted by Crippen LogP contribution is 2.31. The lowest BCUT2D eigenvalue weighted by Gasteiger charge is -2.06. The van der Waals surface area contributed by atoms with Crippen LogP contribution in [0.2, 0.25) is 5.02 Å². The van der Waals surface area contributed by atoms with Crippen LogP contribution < -0.4 is 5.32 Å². The summed E-state index contributed by atoms with van der Waals surface area (Å²) in [6.45, 7) is 5.25. The van der Waals surface area contributed by atoms with Gasteiger partial charge < -0.3 is 10.3 Å². The van der Waals surface area contributed by atoms with Crippen LogP contribution in [-0.2, 0) is 6.54 Å². The Kier molecular flexibility index (Phi) is 3.22. The maximum absolute atomic E-state index is 6.20. The molecule has 1 heterocycles. The molecule has 0 unspecified atom stereocenters. The summed E-state index contributed by atoms with van der Waals surface area (Å²) < 4.78 is 0. The number of hydrogen-bond acceptors (Lipinski definition) is 1. The zero-order valence-electron chi connectivity index (χ0n) is 9.89. The average molecular weight is 237 g/mol. The number of benzene rings is 1. The molecule has 0 aliphatic heterocycles. The zero-order chi connectivity index (χ0) is 11.7. The highest BCUT2D eigenvalue weighted by atomic mass is 35.5. The number of aromatic nitrogens is 1. The Labute approximate surface area is 101 Å². The van der Waals surface area contributed by atoms with Gasteiger partial charge in [0.25, 0.3) is 0 Å². The first-order valence-electron chi connectivity index (χ1n) is 5.58. The molecule has 0 saturated heterocycles. The highest BCUT2D eigenvalue weighted by molar-refractivity contribution is 6.35. The van der Waals surface area contributed by atoms with E-state index in [1.807, 2.05) is 19.2 Å². The molecule has 0 amide bonds. The fourth-order valence-corrected chi connectivity index (χ4v) is 2.34. The molecule has 2 rings (SSSR count). The van der Waals surface area contributed by atoms with Crippen molar-refractivity contribution in [2.75, 3.05) is 7.05 Å². The van der Waals surface area contributed by atoms with E-state index in [0.29, 0.717) is 5.92 Å². The normalized spacial score (nSPS) is 11.6. The van der Waals surface area contributed by atoms with E-state index in [4.69, 9.17) is 11.6 Å². The number of fused-ring (bicyclic) bond motifs is 1. The number of nitrogens with one attached hydrogen (secondary N) is 2. The van der Waals surface area contributed by atoms with Crippen molar-refractivity contribution in [3.8, 4) is 0 Å². The predicted molar refractivity (Wildman–Crippen MR) is 70.2 cm³/mol. The van der Waals surface area contributed by atoms with Gasteiger partial charge in [-0.3, -0.25) is 0 Å². The zero-order valence-corrected chi connectivity index (χ0v) is 10.7. The second-order valence-electron chi connectivity index (χ2n) is 4.36. The largest absolute Gasteiger partial charge is 0.357 e. The van der Waals surface area contributed by atoms with E-state index in [9.17, 15) is 0 Å². The first kappa shape index (κ1) is 11.5. The molecule has 0 atom stereocenters. The highest BCUT2D eigenvalue weighted by Gasteiger charge is 2.14. The number of aromatic amines is 1. The molecule has 2 aromatic rings. The van der Waals surface area contributed by atoms with E-state index in [1.54, 1.807) is 0 Å². The van der Waals surface area contributed by atoms with Crippen molar-refractivity contribution < 1.29 is 0 Å². The second kappa shape index (κ2) is 4.48. The molecule has 0 aliphatic rings. The van der Waals surface area contributed by atoms with E-state index in [0.717, 1.165) is 17.1 Å². The van der Waals surface area contributed by atoms with Crippen molar-refractivity contribution in [3.05, 3.63) is 34.5 Å². The fourth-order valence-electron chi connectivity index (χ4n) is 2.12. The number of para-hydroxylation sites is 1. The Bertz CT molecular complexity index is 500. The van der Waals surface area contributed by atoms with Gasteiger partial charge >= 0.3 is 0 Å². The van der Waals surface area contributed by atoms with Crippen LogP contribution in [-0.4, -0.2) is 12.0 Å². The quantitative estimate of drug-likeness (QED) is 0.836. The molecule has 1 aromatic carbocycles. The van der Waals surface area contributed by atoms with Crippen molar-refractivity contribution in [3.63, 3.8) is 0 Å². The number of rotatable bonds is 3. The van der Waals surface area contributed by atoms with Gasteiger partial charge in [-0.2, -0.15) is 0 Å². The smallest absolute Gasteiger partial charge is 0.0648 e. The Morgan fingerprint density at radius 2 is 2.12 bits per heavy atom. The molecule has 86 valence electrons. The summed E-state index contributed by atoms with van der Waals surface area (Å²) in [6, 6.07) is 6.05. The number of halogens is 1. The van der Waals surface area contributed by atoms with Gasteiger partial charge in [-0.1, -0.05) is 37.6 Å². The summed E-state index contributed by atoms with van der Waals surface area (Å²) in [5.74, 6) is 0.479. The first-order valence-corrected chi connectivity index (χ1v) is 5.96. The number of H-pyrrole nitrogens is 1. The summed E-state index contributed by atoms with van der Waals surface area (Å²) >= 11 is 6.20. The van der Waals surface area contributed by atoms with Crippen LogP contribution in [0.25, 0.3) is 10.9 Å². The van der Waals surface area contributed by atoms with Gasteiger partial charge in [0.1, 0.15) is 0 Å². The van der Waals surface area contributed by atoms with Crippen LogP contribution in [0.15, 0.2) is 18.2 Å². The van der Waals surface area contributed by atoms with Crippen LogP contribution in [0, 0.1) is 0 Å². The molecule has 2 N–H and O–H groups in total. The maximum atomic E-state index is 6.20. The van der Waals surface area contributed by atoms with Gasteiger partial charge in [-0.25, -0.2) is 0 Å². The van der Waals surface area contributed by atoms with Gasteiger partial charge in [-0.15, -0.1) is 0 Å². The molecule has 16 heavy (non-hydrogen) atoms. The monoisotopic (exact) mass is 236 g/mol. The Morgan fingerprint density at radius 1 is 1.38 bits per heavy atom. The average Bonchev–Trinajstić information content (AvgIpc) is 2.60. The van der Waals surface area contributed by atoms with Crippen molar-refractivity contribution in [2.45, 2.75) is 26.3 Å². The lowest BCUT2D eigenvalue weighted by atomic mass is 10.0. The summed E-state index contributed by atoms with van der Waals surface area (Å²) in [7, 11) is 1.97. The molecule has 2 nitrogen and oxygen atoms in total. The Hall–Kier alpha value is -0.990. The maximum Gasteiger partial charge on any atom is 0.0648 e. The predicted octanol–water partition coefficient (Wildman–Crippen LogP) is 3.66. The minimum atomic E-state index is 0.479. The minimum Gasteiger partial charge on any atom is -0.357 e. The van der Waals surface area contributed by atoms with Gasteiger partial charge in [0.05, 0.1) is 10.5 Å². The summed E-state index contributed by atoms with van der Waals surface area (Å²) in [5, 5.41) is 5.23. The summed E-state index contributed by atoms with van der Waals surface area (Å²) in [4.78, 5) is 3.44. The van der Waals surface area contributed by atoms with E-state index in [-0.39, 0.29) is 0 Å². The standard InChI is InChI=1S/C13H17ClN2/c1-8(2)12-10(7-15-3)9-5-4-6-11(14)13(9)16-12/h4-6,8,15-16H,7H2,1-3H3. The lowest BCUT2D eigenvalue weighted by Crippen LogP contribution is -2.07. The van der Waals surface area contributed by atoms with Crippen LogP contribution in [0.4, 0.5) is 0 Å². The second-order valence-corrected chi connectivity index (χ2v) is 4.77. The molecule has 0 aliphatic carbocycles. The number of hydrogen-bond donors (Lipinski definition) is 2. The topological polar surface area (TPSA) is 27.8 Å². The third kappa shape index (κ3) is 1.83. The van der Waals surface area contributed by atoms with Gasteiger partial charge in [0.15, 0.2) is 0 Å². The summed E-state index contributed by atoms with van der Waals surface area (Å²) in [6.07, 6.45) is 0. The fraction of sp³-hybridized carbons (Fsp3) is 0.385. The van der Waals surface area contributed by atoms with Gasteiger partial charge in [0, 0.05) is 17.6 Å². The molecule has 0 spiro atoms. The minimum absolute atomic E-state index is 0.479. The molecule has 0 bridgehead atoms. The van der Waals surface area contributed by atoms with Crippen molar-refractivity contribution in [2.24, 2.45) is 0 Å². The van der Waals surface area contributed by atoms with E-state index < -0.39 is 0 Å². The lowest BCUT2D eigenvalue weighted by molar-refractivity contribution is 0.768. The molecule has 3 heteroatoms. The molecule has 0 radical (unpaired) electrons. The first-order chi connectivity index (χ1) is 7.65. The molecule has 1 aromatic heterocycles. The van der Waals surface area contributed by atoms with Crippen LogP contribution in [0.3, 0.4) is 0 Å². The van der Waals surface area contributed by atoms with Crippen LogP contribution in [0.1, 0.15) is 31.0 Å². The Balaban J connectivity index is 2.70. The molecular weight excluding hydrogens is 220 g/mol. The van der Waals surface area contributed by atoms with Crippen molar-refractivity contribution in [1.29, 1.82) is 0 Å².